The van der Waals surface area contributed by atoms with E-state index in [9.17, 15) is 19.2 Å². The highest BCUT2D eigenvalue weighted by Crippen LogP contribution is 2.34. The van der Waals surface area contributed by atoms with E-state index in [4.69, 9.17) is 14.5 Å². The SMILES string of the molecule is COC1CCN(C(=O)Nc2ccc(-c3ccc(-c4cnc([C@@H]5CCCN5C(=O)[C@H](NC(=O)CCCNC(=O)OCc5ccccc5)c5ccccc5)[nH]4)cc3)cc2)CC1. The van der Waals surface area contributed by atoms with Crippen LogP contribution in [-0.2, 0) is 25.7 Å². The Morgan fingerprint density at radius 2 is 1.47 bits per heavy atom. The molecule has 7 rings (SSSR count). The molecule has 2 fully saturated rings. The maximum Gasteiger partial charge on any atom is 0.407 e. The van der Waals surface area contributed by atoms with Crippen LogP contribution in [0.1, 0.15) is 67.6 Å². The Kier molecular flexibility index (Phi) is 13.7. The maximum absolute atomic E-state index is 14.3. The van der Waals surface area contributed by atoms with Crippen molar-refractivity contribution >= 4 is 29.6 Å². The second kappa shape index (κ2) is 19.8. The van der Waals surface area contributed by atoms with Crippen LogP contribution in [0.3, 0.4) is 0 Å². The summed E-state index contributed by atoms with van der Waals surface area (Å²) in [5.74, 6) is 0.205. The molecule has 306 valence electrons. The molecular formula is C46H51N7O6. The number of imidazole rings is 1. The summed E-state index contributed by atoms with van der Waals surface area (Å²) in [6.07, 6.45) is 5.19. The van der Waals surface area contributed by atoms with Crippen LogP contribution < -0.4 is 16.0 Å². The predicted molar refractivity (Wildman–Crippen MR) is 225 cm³/mol. The molecule has 2 aliphatic heterocycles. The van der Waals surface area contributed by atoms with Gasteiger partial charge in [0.1, 0.15) is 18.5 Å². The fourth-order valence-electron chi connectivity index (χ4n) is 7.60. The number of piperidine rings is 1. The van der Waals surface area contributed by atoms with Crippen molar-refractivity contribution in [1.82, 2.24) is 30.4 Å². The van der Waals surface area contributed by atoms with Gasteiger partial charge in [-0.15, -0.1) is 0 Å². The molecule has 2 aliphatic rings. The fraction of sp³-hybridized carbons (Fsp3) is 0.326. The number of likely N-dealkylation sites (tertiary alicyclic amines) is 2. The number of alkyl carbamates (subject to hydrolysis) is 1. The van der Waals surface area contributed by atoms with Crippen molar-refractivity contribution in [2.24, 2.45) is 0 Å². The Morgan fingerprint density at radius 1 is 0.814 bits per heavy atom. The Hall–Kier alpha value is -6.47. The first kappa shape index (κ1) is 40.7. The number of ether oxygens (including phenoxy) is 2. The molecule has 2 saturated heterocycles. The van der Waals surface area contributed by atoms with Crippen molar-refractivity contribution in [2.75, 3.05) is 38.6 Å². The number of benzene rings is 4. The molecule has 0 aliphatic carbocycles. The number of hydrogen-bond donors (Lipinski definition) is 4. The third-order valence-electron chi connectivity index (χ3n) is 10.9. The molecule has 0 unspecified atom stereocenters. The zero-order valence-electron chi connectivity index (χ0n) is 33.3. The van der Waals surface area contributed by atoms with E-state index in [2.05, 4.69) is 33.1 Å². The van der Waals surface area contributed by atoms with Crippen molar-refractivity contribution in [3.05, 3.63) is 132 Å². The molecule has 1 aromatic heterocycles. The summed E-state index contributed by atoms with van der Waals surface area (Å²) < 4.78 is 10.7. The quantitative estimate of drug-likeness (QED) is 0.0843. The van der Waals surface area contributed by atoms with Gasteiger partial charge in [-0.1, -0.05) is 97.1 Å². The molecule has 0 saturated carbocycles. The Labute approximate surface area is 344 Å². The van der Waals surface area contributed by atoms with Crippen LogP contribution in [0.2, 0.25) is 0 Å². The number of carbonyl (C=O) groups excluding carboxylic acids is 4. The molecule has 59 heavy (non-hydrogen) atoms. The number of aromatic nitrogens is 2. The fourth-order valence-corrected chi connectivity index (χ4v) is 7.60. The first-order chi connectivity index (χ1) is 28.8. The third-order valence-corrected chi connectivity index (χ3v) is 10.9. The van der Waals surface area contributed by atoms with E-state index >= 15 is 0 Å². The minimum Gasteiger partial charge on any atom is -0.445 e. The first-order valence-electron chi connectivity index (χ1n) is 20.3. The number of methoxy groups -OCH3 is 1. The Bertz CT molecular complexity index is 2150. The van der Waals surface area contributed by atoms with E-state index in [0.29, 0.717) is 37.4 Å². The van der Waals surface area contributed by atoms with Crippen molar-refractivity contribution in [3.8, 4) is 22.4 Å². The van der Waals surface area contributed by atoms with Gasteiger partial charge in [0, 0.05) is 45.4 Å². The van der Waals surface area contributed by atoms with E-state index < -0.39 is 12.1 Å². The number of carbonyl (C=O) groups is 4. The highest BCUT2D eigenvalue weighted by molar-refractivity contribution is 5.90. The number of hydrogen-bond acceptors (Lipinski definition) is 7. The molecule has 5 aromatic rings. The lowest BCUT2D eigenvalue weighted by Crippen LogP contribution is -2.43. The van der Waals surface area contributed by atoms with Gasteiger partial charge in [0.15, 0.2) is 0 Å². The molecule has 3 heterocycles. The monoisotopic (exact) mass is 797 g/mol. The second-order valence-corrected chi connectivity index (χ2v) is 14.9. The number of aromatic amines is 1. The van der Waals surface area contributed by atoms with Gasteiger partial charge in [-0.3, -0.25) is 9.59 Å². The number of H-pyrrole nitrogens is 1. The molecular weight excluding hydrogens is 747 g/mol. The summed E-state index contributed by atoms with van der Waals surface area (Å²) in [5.41, 5.74) is 6.17. The Morgan fingerprint density at radius 3 is 2.17 bits per heavy atom. The lowest BCUT2D eigenvalue weighted by molar-refractivity contribution is -0.137. The first-order valence-corrected chi connectivity index (χ1v) is 20.3. The zero-order chi connectivity index (χ0) is 41.0. The minimum atomic E-state index is -0.876. The van der Waals surface area contributed by atoms with Crippen LogP contribution >= 0.6 is 0 Å². The molecule has 13 nitrogen and oxygen atoms in total. The van der Waals surface area contributed by atoms with Crippen molar-refractivity contribution in [2.45, 2.75) is 63.3 Å². The van der Waals surface area contributed by atoms with Gasteiger partial charge in [0.25, 0.3) is 0 Å². The van der Waals surface area contributed by atoms with Crippen LogP contribution in [0.5, 0.6) is 0 Å². The summed E-state index contributed by atoms with van der Waals surface area (Å²) in [4.78, 5) is 64.2. The molecule has 2 atom stereocenters. The summed E-state index contributed by atoms with van der Waals surface area (Å²) in [5, 5.41) is 8.66. The number of anilines is 1. The lowest BCUT2D eigenvalue weighted by Gasteiger charge is -2.31. The van der Waals surface area contributed by atoms with Gasteiger partial charge >= 0.3 is 12.1 Å². The van der Waals surface area contributed by atoms with Gasteiger partial charge in [0.2, 0.25) is 11.8 Å². The van der Waals surface area contributed by atoms with Crippen LogP contribution in [-0.4, -0.2) is 83.1 Å². The normalized spacial score (nSPS) is 16.0. The van der Waals surface area contributed by atoms with Gasteiger partial charge in [-0.05, 0) is 72.1 Å². The number of urea groups is 1. The molecule has 4 aromatic carbocycles. The van der Waals surface area contributed by atoms with Gasteiger partial charge in [-0.25, -0.2) is 14.6 Å². The van der Waals surface area contributed by atoms with Crippen LogP contribution in [0.25, 0.3) is 22.4 Å². The lowest BCUT2D eigenvalue weighted by atomic mass is 10.0. The number of nitrogens with zero attached hydrogens (tertiary/aromatic N) is 3. The smallest absolute Gasteiger partial charge is 0.407 e. The third kappa shape index (κ3) is 10.7. The van der Waals surface area contributed by atoms with E-state index in [1.807, 2.05) is 107 Å². The summed E-state index contributed by atoms with van der Waals surface area (Å²) in [6.45, 7) is 2.31. The van der Waals surface area contributed by atoms with Gasteiger partial charge < -0.3 is 40.2 Å². The predicted octanol–water partition coefficient (Wildman–Crippen LogP) is 7.61. The molecule has 5 amide bonds. The van der Waals surface area contributed by atoms with Gasteiger partial charge in [0.05, 0.1) is 24.0 Å². The number of nitrogens with one attached hydrogen (secondary N) is 4. The largest absolute Gasteiger partial charge is 0.445 e. The topological polar surface area (TPSA) is 158 Å². The molecule has 0 spiro atoms. The van der Waals surface area contributed by atoms with E-state index in [1.165, 1.54) is 0 Å². The molecule has 0 radical (unpaired) electrons. The highest BCUT2D eigenvalue weighted by atomic mass is 16.5. The second-order valence-electron chi connectivity index (χ2n) is 14.9. The summed E-state index contributed by atoms with van der Waals surface area (Å²) in [7, 11) is 1.72. The number of amides is 5. The number of rotatable bonds is 14. The van der Waals surface area contributed by atoms with Crippen LogP contribution in [0.15, 0.2) is 115 Å². The van der Waals surface area contributed by atoms with Crippen LogP contribution in [0, 0.1) is 0 Å². The van der Waals surface area contributed by atoms with E-state index in [0.717, 1.165) is 59.3 Å². The van der Waals surface area contributed by atoms with Crippen LogP contribution in [0.4, 0.5) is 15.3 Å². The van der Waals surface area contributed by atoms with Crippen molar-refractivity contribution in [3.63, 3.8) is 0 Å². The van der Waals surface area contributed by atoms with Crippen molar-refractivity contribution in [1.29, 1.82) is 0 Å². The van der Waals surface area contributed by atoms with E-state index in [-0.39, 0.29) is 49.6 Å². The van der Waals surface area contributed by atoms with E-state index in [1.54, 1.807) is 13.3 Å². The summed E-state index contributed by atoms with van der Waals surface area (Å²) in [6, 6.07) is 33.4. The zero-order valence-corrected chi connectivity index (χ0v) is 33.3. The average molecular weight is 798 g/mol. The Balaban J connectivity index is 0.929. The average Bonchev–Trinajstić information content (AvgIpc) is 3.98. The summed E-state index contributed by atoms with van der Waals surface area (Å²) >= 11 is 0. The molecule has 13 heteroatoms. The molecule has 4 N–H and O–H groups in total. The standard InChI is InChI=1S/C46H51N7O6/c1-58-38-24-28-52(29-25-38)45(56)49-37-22-20-34(21-23-37)33-16-18-35(19-17-33)39-30-48-43(50-39)40-14-9-27-53(40)44(55)42(36-12-6-3-7-13-36)51-41(54)15-8-26-47-46(57)59-31-32-10-4-2-5-11-32/h2-7,10-13,16-23,30,38,40,42H,8-9,14-15,24-29,31H2,1H3,(H,47,57)(H,48,50)(H,49,56)(H,51,54)/t40-,42+/m0/s1. The molecule has 0 bridgehead atoms. The van der Waals surface area contributed by atoms with Gasteiger partial charge in [-0.2, -0.15) is 0 Å². The van der Waals surface area contributed by atoms with Crippen molar-refractivity contribution < 1.29 is 28.7 Å². The maximum atomic E-state index is 14.3. The minimum absolute atomic E-state index is 0.0967. The highest BCUT2D eigenvalue weighted by Gasteiger charge is 2.37.